The number of nitriles is 1. The molecule has 0 saturated carbocycles. The number of anilines is 1. The van der Waals surface area contributed by atoms with E-state index in [0.29, 0.717) is 5.69 Å². The van der Waals surface area contributed by atoms with Gasteiger partial charge in [-0.15, -0.1) is 0 Å². The van der Waals surface area contributed by atoms with Crippen molar-refractivity contribution in [1.29, 1.82) is 5.26 Å². The summed E-state index contributed by atoms with van der Waals surface area (Å²) in [5.41, 5.74) is 9.93. The molecule has 1 aliphatic carbocycles. The van der Waals surface area contributed by atoms with Crippen LogP contribution in [0.1, 0.15) is 46.5 Å². The summed E-state index contributed by atoms with van der Waals surface area (Å²) in [6.45, 7) is 5.17. The number of fused-ring (bicyclic) bond motifs is 4. The van der Waals surface area contributed by atoms with Gasteiger partial charge in [-0.25, -0.2) is 0 Å². The second-order valence-corrected chi connectivity index (χ2v) is 8.14. The second kappa shape index (κ2) is 6.31. The van der Waals surface area contributed by atoms with Crippen molar-refractivity contribution < 1.29 is 0 Å². The first kappa shape index (κ1) is 17.7. The third-order valence-corrected chi connectivity index (χ3v) is 6.22. The zero-order valence-electron chi connectivity index (χ0n) is 17.2. The van der Waals surface area contributed by atoms with Crippen LogP contribution in [0.4, 0.5) is 5.82 Å². The lowest BCUT2D eigenvalue weighted by Gasteiger charge is -2.23. The molecule has 0 N–H and O–H groups in total. The molecule has 0 radical (unpaired) electrons. The fourth-order valence-electron chi connectivity index (χ4n) is 4.70. The van der Waals surface area contributed by atoms with E-state index in [1.165, 1.54) is 27.8 Å². The normalized spacial score (nSPS) is 17.1. The summed E-state index contributed by atoms with van der Waals surface area (Å²) >= 11 is 0. The molecule has 0 saturated heterocycles. The van der Waals surface area contributed by atoms with Crippen molar-refractivity contribution in [1.82, 2.24) is 14.8 Å². The van der Waals surface area contributed by atoms with Gasteiger partial charge in [0, 0.05) is 50.3 Å². The Hall–Kier alpha value is -3.39. The molecule has 0 unspecified atom stereocenters. The van der Waals surface area contributed by atoms with Crippen molar-refractivity contribution in [3.63, 3.8) is 0 Å². The van der Waals surface area contributed by atoms with Crippen molar-refractivity contribution in [2.75, 3.05) is 11.9 Å². The lowest BCUT2D eigenvalue weighted by Crippen LogP contribution is -2.19. The van der Waals surface area contributed by atoms with Crippen LogP contribution in [-0.2, 0) is 20.0 Å². The molecule has 144 valence electrons. The van der Waals surface area contributed by atoms with Crippen LogP contribution in [0.5, 0.6) is 0 Å². The average molecular weight is 381 g/mol. The zero-order valence-corrected chi connectivity index (χ0v) is 17.2. The van der Waals surface area contributed by atoms with Crippen LogP contribution in [-0.4, -0.2) is 21.8 Å². The predicted octanol–water partition coefficient (Wildman–Crippen LogP) is 4.36. The Kier molecular flexibility index (Phi) is 3.85. The molecule has 2 aliphatic rings. The summed E-state index contributed by atoms with van der Waals surface area (Å²) in [5, 5.41) is 14.5. The molecule has 0 fully saturated rings. The molecule has 3 aromatic rings. The minimum absolute atomic E-state index is 0.281. The molecule has 5 rings (SSSR count). The van der Waals surface area contributed by atoms with E-state index in [9.17, 15) is 5.26 Å². The topological polar surface area (TPSA) is 57.7 Å². The molecule has 1 aromatic carbocycles. The van der Waals surface area contributed by atoms with E-state index in [1.54, 1.807) is 4.68 Å². The maximum atomic E-state index is 9.81. The first-order valence-corrected chi connectivity index (χ1v) is 9.95. The first-order valence-electron chi connectivity index (χ1n) is 9.95. The Morgan fingerprint density at radius 3 is 2.83 bits per heavy atom. The summed E-state index contributed by atoms with van der Waals surface area (Å²) in [7, 11) is 3.88. The van der Waals surface area contributed by atoms with Gasteiger partial charge in [-0.1, -0.05) is 36.8 Å². The largest absolute Gasteiger partial charge is 0.353 e. The van der Waals surface area contributed by atoms with Gasteiger partial charge >= 0.3 is 0 Å². The van der Waals surface area contributed by atoms with Crippen LogP contribution in [0.3, 0.4) is 0 Å². The van der Waals surface area contributed by atoms with Crippen LogP contribution >= 0.6 is 0 Å². The number of aryl methyl sites for hydroxylation is 2. The number of rotatable bonds is 0. The summed E-state index contributed by atoms with van der Waals surface area (Å²) in [4.78, 5) is 6.91. The third-order valence-electron chi connectivity index (χ3n) is 6.22. The zero-order chi connectivity index (χ0) is 20.3. The number of hydrogen-bond donors (Lipinski definition) is 0. The van der Waals surface area contributed by atoms with Crippen molar-refractivity contribution in [3.8, 4) is 17.2 Å². The van der Waals surface area contributed by atoms with Crippen LogP contribution in [0.2, 0.25) is 0 Å². The highest BCUT2D eigenvalue weighted by Gasteiger charge is 2.28. The van der Waals surface area contributed by atoms with Crippen molar-refractivity contribution >= 4 is 11.4 Å². The van der Waals surface area contributed by atoms with Gasteiger partial charge in [-0.05, 0) is 29.7 Å². The number of nitrogens with zero attached hydrogens (tertiary/aromatic N) is 5. The minimum Gasteiger partial charge on any atom is -0.353 e. The standard InChI is InChI=1S/C24H23N5/c1-14-5-6-16-13-28(3)24-23(22(11-25)29(4)27-24)17-10-20-18(15(2)19(16)9-14)7-8-21(20)26-12-17/h5-7,9-10,12,15H,8,13H2,1-4H3/t15-/m0/s1. The molecule has 29 heavy (non-hydrogen) atoms. The highest BCUT2D eigenvalue weighted by molar-refractivity contribution is 5.85. The SMILES string of the molecule is Cc1ccc2c(c1)[C@@H](C)C1=CCc3ncc(cc31)-c1c(nn(C)c1C#N)N(C)C2. The Morgan fingerprint density at radius 2 is 2.03 bits per heavy atom. The fraction of sp³-hybridized carbons (Fsp3) is 0.292. The smallest absolute Gasteiger partial charge is 0.160 e. The average Bonchev–Trinajstić information content (AvgIpc) is 3.28. The second-order valence-electron chi connectivity index (χ2n) is 8.14. The lowest BCUT2D eigenvalue weighted by atomic mass is 9.86. The van der Waals surface area contributed by atoms with Gasteiger partial charge in [-0.2, -0.15) is 10.4 Å². The molecular formula is C24H23N5. The van der Waals surface area contributed by atoms with Gasteiger partial charge in [0.2, 0.25) is 0 Å². The Bertz CT molecular complexity index is 1220. The first-order chi connectivity index (χ1) is 14.0. The summed E-state index contributed by atoms with van der Waals surface area (Å²) < 4.78 is 1.68. The number of pyridine rings is 1. The molecule has 1 aliphatic heterocycles. The Balaban J connectivity index is 1.83. The molecule has 2 aromatic heterocycles. The number of allylic oxidation sites excluding steroid dienone is 2. The maximum absolute atomic E-state index is 9.81. The molecule has 0 spiro atoms. The van der Waals surface area contributed by atoms with Gasteiger partial charge in [0.1, 0.15) is 11.8 Å². The number of benzene rings is 1. The van der Waals surface area contributed by atoms with E-state index in [2.05, 4.69) is 55.2 Å². The van der Waals surface area contributed by atoms with Crippen molar-refractivity contribution in [2.45, 2.75) is 32.7 Å². The van der Waals surface area contributed by atoms with Crippen LogP contribution < -0.4 is 4.90 Å². The molecule has 5 nitrogen and oxygen atoms in total. The summed E-state index contributed by atoms with van der Waals surface area (Å²) in [6, 6.07) is 11.3. The molecule has 5 heteroatoms. The van der Waals surface area contributed by atoms with Gasteiger partial charge in [0.25, 0.3) is 0 Å². The Morgan fingerprint density at radius 1 is 1.21 bits per heavy atom. The van der Waals surface area contributed by atoms with Gasteiger partial charge in [-0.3, -0.25) is 9.67 Å². The van der Waals surface area contributed by atoms with Crippen molar-refractivity contribution in [2.24, 2.45) is 7.05 Å². The predicted molar refractivity (Wildman–Crippen MR) is 115 cm³/mol. The van der Waals surface area contributed by atoms with E-state index >= 15 is 0 Å². The van der Waals surface area contributed by atoms with Gasteiger partial charge in [0.15, 0.2) is 5.82 Å². The van der Waals surface area contributed by atoms with E-state index in [0.717, 1.165) is 35.6 Å². The maximum Gasteiger partial charge on any atom is 0.160 e. The monoisotopic (exact) mass is 381 g/mol. The number of hydrogen-bond acceptors (Lipinski definition) is 4. The minimum atomic E-state index is 0.281. The molecule has 3 heterocycles. The van der Waals surface area contributed by atoms with Gasteiger partial charge in [0.05, 0.1) is 11.3 Å². The van der Waals surface area contributed by atoms with E-state index in [1.807, 2.05) is 20.3 Å². The van der Waals surface area contributed by atoms with Crippen molar-refractivity contribution in [3.05, 3.63) is 70.2 Å². The molecule has 0 amide bonds. The molecular weight excluding hydrogens is 358 g/mol. The summed E-state index contributed by atoms with van der Waals surface area (Å²) in [6.07, 6.45) is 5.07. The number of aromatic nitrogens is 3. The van der Waals surface area contributed by atoms with E-state index in [4.69, 9.17) is 10.1 Å². The van der Waals surface area contributed by atoms with Gasteiger partial charge < -0.3 is 4.90 Å². The third kappa shape index (κ3) is 2.60. The highest BCUT2D eigenvalue weighted by atomic mass is 15.3. The quantitative estimate of drug-likeness (QED) is 0.581. The van der Waals surface area contributed by atoms with E-state index in [-0.39, 0.29) is 5.92 Å². The highest BCUT2D eigenvalue weighted by Crippen LogP contribution is 2.43. The fourth-order valence-corrected chi connectivity index (χ4v) is 4.70. The molecule has 1 atom stereocenters. The lowest BCUT2D eigenvalue weighted by molar-refractivity contribution is 0.741. The van der Waals surface area contributed by atoms with E-state index < -0.39 is 0 Å². The van der Waals surface area contributed by atoms with Crippen LogP contribution in [0, 0.1) is 18.3 Å². The molecule has 2 bridgehead atoms. The summed E-state index contributed by atoms with van der Waals surface area (Å²) in [5.74, 6) is 1.10. The Labute approximate surface area is 170 Å². The van der Waals surface area contributed by atoms with Crippen LogP contribution in [0.25, 0.3) is 16.7 Å². The van der Waals surface area contributed by atoms with Crippen LogP contribution in [0.15, 0.2) is 36.5 Å².